The van der Waals surface area contributed by atoms with E-state index >= 15 is 0 Å². The number of hydrogen-bond acceptors (Lipinski definition) is 2. The third-order valence-electron chi connectivity index (χ3n) is 2.90. The smallest absolute Gasteiger partial charge is 0.234 e. The molecule has 0 fully saturated rings. The van der Waals surface area contributed by atoms with Crippen LogP contribution in [0, 0.1) is 0 Å². The van der Waals surface area contributed by atoms with Crippen LogP contribution in [-0.2, 0) is 4.79 Å². The molecule has 0 heterocycles. The quantitative estimate of drug-likeness (QED) is 0.681. The van der Waals surface area contributed by atoms with E-state index in [1.54, 1.807) is 0 Å². The van der Waals surface area contributed by atoms with E-state index in [1.165, 1.54) is 0 Å². The van der Waals surface area contributed by atoms with Crippen molar-refractivity contribution in [1.29, 1.82) is 0 Å². The standard InChI is InChI=1S/C12H26N2O/c1-6-10(7-2)13-9-11(15)14-12(4,5)8-3/h10,13H,6-9H2,1-5H3,(H,14,15). The summed E-state index contributed by atoms with van der Waals surface area (Å²) in [6.07, 6.45) is 3.09. The summed E-state index contributed by atoms with van der Waals surface area (Å²) in [5.41, 5.74) is -0.0906. The molecule has 2 N–H and O–H groups in total. The third-order valence-corrected chi connectivity index (χ3v) is 2.90. The van der Waals surface area contributed by atoms with Crippen LogP contribution in [0.5, 0.6) is 0 Å². The van der Waals surface area contributed by atoms with E-state index in [0.29, 0.717) is 12.6 Å². The Balaban J connectivity index is 3.84. The average Bonchev–Trinajstić information content (AvgIpc) is 2.19. The van der Waals surface area contributed by atoms with Crippen molar-refractivity contribution in [2.45, 2.75) is 65.5 Å². The van der Waals surface area contributed by atoms with Crippen molar-refractivity contribution in [1.82, 2.24) is 10.6 Å². The van der Waals surface area contributed by atoms with Crippen LogP contribution >= 0.6 is 0 Å². The van der Waals surface area contributed by atoms with Gasteiger partial charge >= 0.3 is 0 Å². The number of rotatable bonds is 7. The fraction of sp³-hybridized carbons (Fsp3) is 0.917. The Morgan fingerprint density at radius 3 is 2.13 bits per heavy atom. The van der Waals surface area contributed by atoms with Gasteiger partial charge in [-0.15, -0.1) is 0 Å². The summed E-state index contributed by atoms with van der Waals surface area (Å²) in [5, 5.41) is 6.26. The maximum Gasteiger partial charge on any atom is 0.234 e. The van der Waals surface area contributed by atoms with Crippen LogP contribution in [0.3, 0.4) is 0 Å². The van der Waals surface area contributed by atoms with Crippen molar-refractivity contribution >= 4 is 5.91 Å². The molecule has 0 aliphatic heterocycles. The summed E-state index contributed by atoms with van der Waals surface area (Å²) in [5.74, 6) is 0.0914. The van der Waals surface area contributed by atoms with Gasteiger partial charge in [0.15, 0.2) is 0 Å². The molecule has 0 unspecified atom stereocenters. The molecule has 90 valence electrons. The van der Waals surface area contributed by atoms with Crippen molar-refractivity contribution < 1.29 is 4.79 Å². The average molecular weight is 214 g/mol. The maximum absolute atomic E-state index is 11.6. The lowest BCUT2D eigenvalue weighted by Crippen LogP contribution is -2.47. The highest BCUT2D eigenvalue weighted by Crippen LogP contribution is 2.06. The van der Waals surface area contributed by atoms with E-state index in [1.807, 2.05) is 13.8 Å². The summed E-state index contributed by atoms with van der Waals surface area (Å²) < 4.78 is 0. The van der Waals surface area contributed by atoms with E-state index in [4.69, 9.17) is 0 Å². The minimum Gasteiger partial charge on any atom is -0.350 e. The highest BCUT2D eigenvalue weighted by atomic mass is 16.2. The Morgan fingerprint density at radius 1 is 1.20 bits per heavy atom. The molecule has 0 aliphatic rings. The second-order valence-corrected chi connectivity index (χ2v) is 4.68. The van der Waals surface area contributed by atoms with Crippen molar-refractivity contribution in [2.75, 3.05) is 6.54 Å². The molecule has 0 saturated carbocycles. The van der Waals surface area contributed by atoms with Crippen molar-refractivity contribution in [2.24, 2.45) is 0 Å². The van der Waals surface area contributed by atoms with Crippen LogP contribution in [-0.4, -0.2) is 24.0 Å². The van der Waals surface area contributed by atoms with E-state index in [9.17, 15) is 4.79 Å². The molecule has 1 amide bonds. The molecule has 0 aromatic rings. The topological polar surface area (TPSA) is 41.1 Å². The van der Waals surface area contributed by atoms with Gasteiger partial charge in [-0.2, -0.15) is 0 Å². The van der Waals surface area contributed by atoms with Gasteiger partial charge in [-0.3, -0.25) is 4.79 Å². The molecule has 0 aromatic carbocycles. The first-order valence-electron chi connectivity index (χ1n) is 5.99. The Hall–Kier alpha value is -0.570. The Kier molecular flexibility index (Phi) is 6.57. The Morgan fingerprint density at radius 2 is 1.73 bits per heavy atom. The number of carbonyl (C=O) groups is 1. The van der Waals surface area contributed by atoms with Crippen LogP contribution < -0.4 is 10.6 Å². The number of hydrogen-bond donors (Lipinski definition) is 2. The lowest BCUT2D eigenvalue weighted by atomic mass is 10.0. The zero-order chi connectivity index (χ0) is 11.9. The predicted octanol–water partition coefficient (Wildman–Crippen LogP) is 2.07. The van der Waals surface area contributed by atoms with Gasteiger partial charge in [-0.1, -0.05) is 20.8 Å². The van der Waals surface area contributed by atoms with Crippen LogP contribution in [0.25, 0.3) is 0 Å². The zero-order valence-electron chi connectivity index (χ0n) is 10.8. The fourth-order valence-corrected chi connectivity index (χ4v) is 1.32. The van der Waals surface area contributed by atoms with Gasteiger partial charge in [0, 0.05) is 11.6 Å². The molecule has 0 spiro atoms. The van der Waals surface area contributed by atoms with Crippen LogP contribution in [0.4, 0.5) is 0 Å². The monoisotopic (exact) mass is 214 g/mol. The Bertz CT molecular complexity index is 186. The maximum atomic E-state index is 11.6. The van der Waals surface area contributed by atoms with Gasteiger partial charge in [0.25, 0.3) is 0 Å². The van der Waals surface area contributed by atoms with Gasteiger partial charge in [-0.25, -0.2) is 0 Å². The first kappa shape index (κ1) is 14.4. The second-order valence-electron chi connectivity index (χ2n) is 4.68. The molecule has 0 aliphatic carbocycles. The molecule has 0 saturated heterocycles. The molecule has 0 bridgehead atoms. The third kappa shape index (κ3) is 6.50. The van der Waals surface area contributed by atoms with Gasteiger partial charge in [-0.05, 0) is 33.1 Å². The van der Waals surface area contributed by atoms with Crippen LogP contribution in [0.2, 0.25) is 0 Å². The van der Waals surface area contributed by atoms with Crippen LogP contribution in [0.15, 0.2) is 0 Å². The molecule has 0 atom stereocenters. The Labute approximate surface area is 94.0 Å². The van der Waals surface area contributed by atoms with Gasteiger partial charge in [0.1, 0.15) is 0 Å². The van der Waals surface area contributed by atoms with E-state index in [2.05, 4.69) is 31.4 Å². The lowest BCUT2D eigenvalue weighted by molar-refractivity contribution is -0.122. The van der Waals surface area contributed by atoms with E-state index in [-0.39, 0.29) is 11.4 Å². The summed E-state index contributed by atoms with van der Waals surface area (Å²) in [6, 6.07) is 0.459. The molecule has 3 nitrogen and oxygen atoms in total. The highest BCUT2D eigenvalue weighted by Gasteiger charge is 2.17. The molecular weight excluding hydrogens is 188 g/mol. The fourth-order valence-electron chi connectivity index (χ4n) is 1.32. The minimum atomic E-state index is -0.0906. The largest absolute Gasteiger partial charge is 0.350 e. The summed E-state index contributed by atoms with van der Waals surface area (Å²) in [4.78, 5) is 11.6. The summed E-state index contributed by atoms with van der Waals surface area (Å²) in [6.45, 7) is 10.9. The SMILES string of the molecule is CCC(CC)NCC(=O)NC(C)(C)CC. The van der Waals surface area contributed by atoms with Gasteiger partial charge in [0.05, 0.1) is 6.54 Å². The van der Waals surface area contributed by atoms with E-state index in [0.717, 1.165) is 19.3 Å². The molecule has 0 aromatic heterocycles. The summed E-state index contributed by atoms with van der Waals surface area (Å²) >= 11 is 0. The first-order chi connectivity index (χ1) is 6.95. The number of amides is 1. The van der Waals surface area contributed by atoms with E-state index < -0.39 is 0 Å². The normalized spacial score (nSPS) is 11.9. The first-order valence-corrected chi connectivity index (χ1v) is 5.99. The molecule has 15 heavy (non-hydrogen) atoms. The summed E-state index contributed by atoms with van der Waals surface area (Å²) in [7, 11) is 0. The number of nitrogens with one attached hydrogen (secondary N) is 2. The minimum absolute atomic E-state index is 0.0906. The second kappa shape index (κ2) is 6.83. The predicted molar refractivity (Wildman–Crippen MR) is 64.9 cm³/mol. The molecular formula is C12H26N2O. The number of carbonyl (C=O) groups excluding carboxylic acids is 1. The van der Waals surface area contributed by atoms with Crippen molar-refractivity contribution in [3.8, 4) is 0 Å². The van der Waals surface area contributed by atoms with Gasteiger partial charge < -0.3 is 10.6 Å². The molecule has 0 radical (unpaired) electrons. The molecule has 0 rings (SSSR count). The highest BCUT2D eigenvalue weighted by molar-refractivity contribution is 5.78. The lowest BCUT2D eigenvalue weighted by Gasteiger charge is -2.25. The van der Waals surface area contributed by atoms with Gasteiger partial charge in [0.2, 0.25) is 5.91 Å². The zero-order valence-corrected chi connectivity index (χ0v) is 10.8. The molecule has 3 heteroatoms. The van der Waals surface area contributed by atoms with Crippen molar-refractivity contribution in [3.63, 3.8) is 0 Å². The van der Waals surface area contributed by atoms with Crippen molar-refractivity contribution in [3.05, 3.63) is 0 Å². The van der Waals surface area contributed by atoms with Crippen LogP contribution in [0.1, 0.15) is 53.9 Å².